The molecule has 0 aliphatic rings. The third kappa shape index (κ3) is 2.23. The number of hydrogen-bond donors (Lipinski definition) is 1. The average Bonchev–Trinajstić information content (AvgIpc) is 2.74. The Morgan fingerprint density at radius 1 is 1.43 bits per heavy atom. The van der Waals surface area contributed by atoms with Gasteiger partial charge < -0.3 is 5.32 Å². The van der Waals surface area contributed by atoms with Crippen LogP contribution in [0.5, 0.6) is 0 Å². The van der Waals surface area contributed by atoms with Gasteiger partial charge in [-0.25, -0.2) is 4.98 Å². The van der Waals surface area contributed by atoms with E-state index in [1.165, 1.54) is 9.75 Å². The third-order valence-electron chi connectivity index (χ3n) is 1.69. The normalized spacial score (nSPS) is 10.7. The van der Waals surface area contributed by atoms with Gasteiger partial charge in [0.25, 0.3) is 0 Å². The molecule has 0 saturated carbocycles. The van der Waals surface area contributed by atoms with Crippen LogP contribution in [0.25, 0.3) is 9.88 Å². The van der Waals surface area contributed by atoms with Crippen LogP contribution >= 0.6 is 38.6 Å². The fourth-order valence-electron chi connectivity index (χ4n) is 1.11. The molecular weight excluding hydrogens is 280 g/mol. The average molecular weight is 289 g/mol. The summed E-state index contributed by atoms with van der Waals surface area (Å²) in [5.41, 5.74) is 0. The minimum atomic E-state index is 0.893. The van der Waals surface area contributed by atoms with E-state index in [4.69, 9.17) is 0 Å². The maximum atomic E-state index is 4.39. The third-order valence-corrected chi connectivity index (χ3v) is 4.48. The maximum absolute atomic E-state index is 4.39. The molecule has 0 unspecified atom stereocenters. The first-order chi connectivity index (χ1) is 6.79. The molecule has 2 aromatic rings. The second kappa shape index (κ2) is 4.53. The van der Waals surface area contributed by atoms with Crippen molar-refractivity contribution in [2.24, 2.45) is 0 Å². The van der Waals surface area contributed by atoms with E-state index in [0.717, 1.165) is 15.3 Å². The van der Waals surface area contributed by atoms with Gasteiger partial charge in [0.15, 0.2) is 0 Å². The summed E-state index contributed by atoms with van der Waals surface area (Å²) in [6, 6.07) is 4.15. The van der Waals surface area contributed by atoms with Gasteiger partial charge in [-0.2, -0.15) is 0 Å². The Morgan fingerprint density at radius 2 is 2.29 bits per heavy atom. The standard InChI is InChI=1S/C9H9BrN2S2/c1-11-4-6-5-12-9(13-6)7-2-3-8(10)14-7/h2-3,5,11H,4H2,1H3. The molecule has 0 bridgehead atoms. The van der Waals surface area contributed by atoms with Crippen molar-refractivity contribution in [3.05, 3.63) is 27.0 Å². The summed E-state index contributed by atoms with van der Waals surface area (Å²) in [4.78, 5) is 6.88. The fourth-order valence-corrected chi connectivity index (χ4v) is 3.48. The van der Waals surface area contributed by atoms with Gasteiger partial charge >= 0.3 is 0 Å². The van der Waals surface area contributed by atoms with Crippen molar-refractivity contribution in [2.75, 3.05) is 7.05 Å². The highest BCUT2D eigenvalue weighted by molar-refractivity contribution is 9.11. The first kappa shape index (κ1) is 10.3. The second-order valence-electron chi connectivity index (χ2n) is 2.77. The molecule has 14 heavy (non-hydrogen) atoms. The minimum absolute atomic E-state index is 0.893. The summed E-state index contributed by atoms with van der Waals surface area (Å²) < 4.78 is 1.15. The van der Waals surface area contributed by atoms with Crippen LogP contribution in [-0.4, -0.2) is 12.0 Å². The Kier molecular flexibility index (Phi) is 3.33. The molecule has 2 heterocycles. The molecule has 5 heteroatoms. The van der Waals surface area contributed by atoms with Crippen molar-refractivity contribution < 1.29 is 0 Å². The van der Waals surface area contributed by atoms with Gasteiger partial charge in [0.1, 0.15) is 5.01 Å². The van der Waals surface area contributed by atoms with Gasteiger partial charge in [0, 0.05) is 17.6 Å². The van der Waals surface area contributed by atoms with E-state index in [0.29, 0.717) is 0 Å². The van der Waals surface area contributed by atoms with Crippen molar-refractivity contribution in [2.45, 2.75) is 6.54 Å². The van der Waals surface area contributed by atoms with E-state index in [1.54, 1.807) is 22.7 Å². The Hall–Kier alpha value is -0.230. The molecule has 0 aromatic carbocycles. The maximum Gasteiger partial charge on any atom is 0.133 e. The predicted octanol–water partition coefficient (Wildman–Crippen LogP) is 3.35. The molecule has 0 amide bonds. The highest BCUT2D eigenvalue weighted by Gasteiger charge is 2.06. The topological polar surface area (TPSA) is 24.9 Å². The van der Waals surface area contributed by atoms with Crippen LogP contribution in [0.15, 0.2) is 22.1 Å². The molecule has 2 aromatic heterocycles. The number of aromatic nitrogens is 1. The monoisotopic (exact) mass is 288 g/mol. The minimum Gasteiger partial charge on any atom is -0.315 e. The number of nitrogens with one attached hydrogen (secondary N) is 1. The van der Waals surface area contributed by atoms with Gasteiger partial charge in [-0.1, -0.05) is 0 Å². The Morgan fingerprint density at radius 3 is 2.93 bits per heavy atom. The van der Waals surface area contributed by atoms with Crippen LogP contribution < -0.4 is 5.32 Å². The predicted molar refractivity (Wildman–Crippen MR) is 65.9 cm³/mol. The molecule has 0 saturated heterocycles. The molecule has 74 valence electrons. The van der Waals surface area contributed by atoms with E-state index >= 15 is 0 Å². The van der Waals surface area contributed by atoms with Crippen LogP contribution in [0, 0.1) is 0 Å². The lowest BCUT2D eigenvalue weighted by Gasteiger charge is -1.90. The Balaban J connectivity index is 2.24. The smallest absolute Gasteiger partial charge is 0.133 e. The summed E-state index contributed by atoms with van der Waals surface area (Å²) >= 11 is 6.91. The Bertz CT molecular complexity index is 422. The van der Waals surface area contributed by atoms with E-state index in [-0.39, 0.29) is 0 Å². The summed E-state index contributed by atoms with van der Waals surface area (Å²) in [5, 5.41) is 4.22. The molecule has 2 rings (SSSR count). The van der Waals surface area contributed by atoms with Crippen LogP contribution in [-0.2, 0) is 6.54 Å². The van der Waals surface area contributed by atoms with Crippen LogP contribution in [0.2, 0.25) is 0 Å². The molecule has 0 spiro atoms. The van der Waals surface area contributed by atoms with E-state index < -0.39 is 0 Å². The van der Waals surface area contributed by atoms with Crippen LogP contribution in [0.3, 0.4) is 0 Å². The first-order valence-corrected chi connectivity index (χ1v) is 6.57. The quantitative estimate of drug-likeness (QED) is 0.937. The lowest BCUT2D eigenvalue weighted by atomic mass is 10.5. The molecule has 0 atom stereocenters. The van der Waals surface area contributed by atoms with Gasteiger partial charge in [-0.05, 0) is 35.1 Å². The second-order valence-corrected chi connectivity index (χ2v) is 6.34. The first-order valence-electron chi connectivity index (χ1n) is 4.14. The zero-order valence-corrected chi connectivity index (χ0v) is 10.8. The number of nitrogens with zero attached hydrogens (tertiary/aromatic N) is 1. The van der Waals surface area contributed by atoms with Crippen molar-refractivity contribution in [1.29, 1.82) is 0 Å². The molecule has 2 nitrogen and oxygen atoms in total. The zero-order chi connectivity index (χ0) is 9.97. The molecule has 0 fully saturated rings. The number of rotatable bonds is 3. The summed E-state index contributed by atoms with van der Waals surface area (Å²) in [6.07, 6.45) is 1.93. The summed E-state index contributed by atoms with van der Waals surface area (Å²) in [6.45, 7) is 0.893. The van der Waals surface area contributed by atoms with Crippen LogP contribution in [0.1, 0.15) is 4.88 Å². The van der Waals surface area contributed by atoms with Gasteiger partial charge in [-0.3, -0.25) is 0 Å². The molecule has 0 aliphatic carbocycles. The highest BCUT2D eigenvalue weighted by atomic mass is 79.9. The number of hydrogen-bond acceptors (Lipinski definition) is 4. The van der Waals surface area contributed by atoms with Crippen molar-refractivity contribution in [3.63, 3.8) is 0 Å². The van der Waals surface area contributed by atoms with Gasteiger partial charge in [0.2, 0.25) is 0 Å². The van der Waals surface area contributed by atoms with Gasteiger partial charge in [-0.15, -0.1) is 22.7 Å². The van der Waals surface area contributed by atoms with Gasteiger partial charge in [0.05, 0.1) is 8.66 Å². The zero-order valence-electron chi connectivity index (χ0n) is 7.58. The van der Waals surface area contributed by atoms with E-state index in [2.05, 4.69) is 38.4 Å². The lowest BCUT2D eigenvalue weighted by Crippen LogP contribution is -2.02. The SMILES string of the molecule is CNCc1cnc(-c2ccc(Br)s2)s1. The van der Waals surface area contributed by atoms with Crippen molar-refractivity contribution in [1.82, 2.24) is 10.3 Å². The fraction of sp³-hybridized carbons (Fsp3) is 0.222. The molecule has 0 radical (unpaired) electrons. The number of halogens is 1. The van der Waals surface area contributed by atoms with Crippen LogP contribution in [0.4, 0.5) is 0 Å². The van der Waals surface area contributed by atoms with E-state index in [1.807, 2.05) is 13.2 Å². The van der Waals surface area contributed by atoms with E-state index in [9.17, 15) is 0 Å². The number of thiazole rings is 1. The lowest BCUT2D eigenvalue weighted by molar-refractivity contribution is 0.829. The highest BCUT2D eigenvalue weighted by Crippen LogP contribution is 2.33. The van der Waals surface area contributed by atoms with Crippen molar-refractivity contribution in [3.8, 4) is 9.88 Å². The molecule has 0 aliphatic heterocycles. The summed E-state index contributed by atoms with van der Waals surface area (Å²) in [7, 11) is 1.95. The Labute approximate surface area is 99.1 Å². The van der Waals surface area contributed by atoms with Crippen molar-refractivity contribution >= 4 is 38.6 Å². The largest absolute Gasteiger partial charge is 0.315 e. The number of thiophene rings is 1. The molecular formula is C9H9BrN2S2. The molecule has 1 N–H and O–H groups in total. The summed E-state index contributed by atoms with van der Waals surface area (Å²) in [5.74, 6) is 0.